The molecule has 1 aromatic rings. The van der Waals surface area contributed by atoms with Gasteiger partial charge in [-0.2, -0.15) is 0 Å². The Morgan fingerprint density at radius 1 is 1.05 bits per heavy atom. The Balaban J connectivity index is 1.59. The minimum atomic E-state index is -2.98. The standard InChI is InChI=1S/C32H43N3O8/c1-12(2)17-22-26(39)18-13(3)15-8-9-16(34-14-10-30(4,5)35-31(6,7)11-14)23(36)19(15)25(38)20(18)27(40)32(22,43)28(41)21(24(17)37)29(33)42/h8-9,12-14,17-18,20-22,26,34-36,39,43H,10-11H2,1-7H3,(H2,33,42)/t13-,17-,18+,20?,21?,22+,26-,32-/m0/s1. The van der Waals surface area contributed by atoms with Crippen LogP contribution in [-0.2, 0) is 19.2 Å². The summed E-state index contributed by atoms with van der Waals surface area (Å²) >= 11 is 0. The number of aliphatic hydroxyl groups excluding tert-OH is 1. The molecule has 1 aliphatic heterocycles. The first kappa shape index (κ1) is 31.3. The maximum atomic E-state index is 14.2. The molecule has 1 saturated heterocycles. The molecule has 3 aliphatic carbocycles. The molecule has 1 heterocycles. The second kappa shape index (κ2) is 9.93. The fraction of sp³-hybridized carbons (Fsp3) is 0.656. The number of piperidine rings is 1. The monoisotopic (exact) mass is 597 g/mol. The third-order valence-corrected chi connectivity index (χ3v) is 10.3. The summed E-state index contributed by atoms with van der Waals surface area (Å²) in [4.78, 5) is 67.4. The maximum Gasteiger partial charge on any atom is 0.235 e. The molecule has 4 aliphatic rings. The number of hydrogen-bond acceptors (Lipinski definition) is 10. The summed E-state index contributed by atoms with van der Waals surface area (Å²) in [7, 11) is 0. The largest absolute Gasteiger partial charge is 0.505 e. The highest BCUT2D eigenvalue weighted by molar-refractivity contribution is 6.32. The van der Waals surface area contributed by atoms with Crippen molar-refractivity contribution in [3.05, 3.63) is 23.3 Å². The highest BCUT2D eigenvalue weighted by atomic mass is 16.3. The van der Waals surface area contributed by atoms with Crippen LogP contribution in [-0.4, -0.2) is 73.2 Å². The van der Waals surface area contributed by atoms with Crippen LogP contribution in [0.15, 0.2) is 12.1 Å². The van der Waals surface area contributed by atoms with Crippen LogP contribution in [0, 0.1) is 35.5 Å². The second-order valence-electron chi connectivity index (χ2n) is 14.8. The molecule has 1 amide bonds. The van der Waals surface area contributed by atoms with Gasteiger partial charge in [0, 0.05) is 34.9 Å². The number of nitrogens with two attached hydrogens (primary N) is 1. The van der Waals surface area contributed by atoms with Crippen LogP contribution in [0.4, 0.5) is 5.69 Å². The molecule has 11 nitrogen and oxygen atoms in total. The molecule has 11 heteroatoms. The van der Waals surface area contributed by atoms with Gasteiger partial charge in [0.25, 0.3) is 0 Å². The van der Waals surface area contributed by atoms with Crippen LogP contribution in [0.25, 0.3) is 0 Å². The molecule has 0 radical (unpaired) electrons. The van der Waals surface area contributed by atoms with Gasteiger partial charge in [0.1, 0.15) is 5.75 Å². The molecule has 8 atom stereocenters. The first-order valence-corrected chi connectivity index (χ1v) is 15.0. The first-order valence-electron chi connectivity index (χ1n) is 15.0. The van der Waals surface area contributed by atoms with Gasteiger partial charge in [-0.3, -0.25) is 24.0 Å². The molecule has 7 N–H and O–H groups in total. The van der Waals surface area contributed by atoms with Gasteiger partial charge in [0.15, 0.2) is 34.7 Å². The number of hydrogen-bond donors (Lipinski definition) is 6. The van der Waals surface area contributed by atoms with Gasteiger partial charge in [-0.15, -0.1) is 0 Å². The summed E-state index contributed by atoms with van der Waals surface area (Å²) in [6, 6.07) is 3.32. The Bertz CT molecular complexity index is 1420. The van der Waals surface area contributed by atoms with Gasteiger partial charge in [-0.1, -0.05) is 26.8 Å². The van der Waals surface area contributed by atoms with E-state index in [4.69, 9.17) is 5.73 Å². The number of phenols is 1. The minimum Gasteiger partial charge on any atom is -0.505 e. The number of carbonyl (C=O) groups excluding carboxylic acids is 5. The molecule has 0 aromatic heterocycles. The molecule has 43 heavy (non-hydrogen) atoms. The average Bonchev–Trinajstić information content (AvgIpc) is 2.85. The maximum absolute atomic E-state index is 14.2. The normalized spacial score (nSPS) is 37.0. The number of rotatable bonds is 4. The number of amides is 1. The van der Waals surface area contributed by atoms with Crippen LogP contribution in [0.2, 0.25) is 0 Å². The number of aliphatic hydroxyl groups is 2. The van der Waals surface area contributed by atoms with Gasteiger partial charge in [0.2, 0.25) is 5.91 Å². The topological polar surface area (TPSA) is 196 Å². The predicted molar refractivity (Wildman–Crippen MR) is 156 cm³/mol. The molecule has 2 saturated carbocycles. The van der Waals surface area contributed by atoms with E-state index in [2.05, 4.69) is 38.3 Å². The van der Waals surface area contributed by atoms with Gasteiger partial charge in [-0.25, -0.2) is 0 Å². The first-order chi connectivity index (χ1) is 19.7. The van der Waals surface area contributed by atoms with Crippen molar-refractivity contribution in [1.29, 1.82) is 0 Å². The summed E-state index contributed by atoms with van der Waals surface area (Å²) in [6.45, 7) is 13.3. The second-order valence-corrected chi connectivity index (χ2v) is 14.8. The number of fused-ring (bicyclic) bond motifs is 3. The zero-order valence-corrected chi connectivity index (χ0v) is 25.7. The number of nitrogens with one attached hydrogen (secondary N) is 2. The van der Waals surface area contributed by atoms with Crippen molar-refractivity contribution < 1.29 is 39.3 Å². The smallest absolute Gasteiger partial charge is 0.235 e. The van der Waals surface area contributed by atoms with Crippen molar-refractivity contribution in [3.63, 3.8) is 0 Å². The number of phenolic OH excluding ortho intramolecular Hbond substituents is 1. The van der Waals surface area contributed by atoms with Crippen molar-refractivity contribution in [2.24, 2.45) is 41.2 Å². The number of ketones is 4. The number of Topliss-reactive ketones (excluding diaryl/α,β-unsaturated/α-hetero) is 4. The van der Waals surface area contributed by atoms with Gasteiger partial charge >= 0.3 is 0 Å². The van der Waals surface area contributed by atoms with Crippen LogP contribution in [0.5, 0.6) is 5.75 Å². The average molecular weight is 598 g/mol. The lowest BCUT2D eigenvalue weighted by atomic mass is 9.47. The van der Waals surface area contributed by atoms with Gasteiger partial charge in [-0.05, 0) is 64.0 Å². The van der Waals surface area contributed by atoms with E-state index in [-0.39, 0.29) is 28.4 Å². The lowest BCUT2D eigenvalue weighted by Gasteiger charge is -2.55. The molecular weight excluding hydrogens is 554 g/mol. The van der Waals surface area contributed by atoms with Crippen LogP contribution in [0.3, 0.4) is 0 Å². The zero-order chi connectivity index (χ0) is 32.1. The molecule has 5 rings (SSSR count). The van der Waals surface area contributed by atoms with Crippen LogP contribution >= 0.6 is 0 Å². The minimum absolute atomic E-state index is 0.0465. The molecule has 0 bridgehead atoms. The molecule has 3 fully saturated rings. The quantitative estimate of drug-likeness (QED) is 0.218. The summed E-state index contributed by atoms with van der Waals surface area (Å²) in [5, 5.41) is 42.0. The number of primary amides is 1. The number of carbonyl (C=O) groups is 5. The van der Waals surface area contributed by atoms with E-state index in [1.807, 2.05) is 0 Å². The molecule has 2 unspecified atom stereocenters. The fourth-order valence-corrected chi connectivity index (χ4v) is 9.00. The Kier molecular flexibility index (Phi) is 7.23. The van der Waals surface area contributed by atoms with Crippen molar-refractivity contribution in [3.8, 4) is 5.75 Å². The fourth-order valence-electron chi connectivity index (χ4n) is 9.00. The highest BCUT2D eigenvalue weighted by Crippen LogP contribution is 2.56. The van der Waals surface area contributed by atoms with Gasteiger partial charge < -0.3 is 31.7 Å². The van der Waals surface area contributed by atoms with E-state index in [1.54, 1.807) is 32.9 Å². The highest BCUT2D eigenvalue weighted by Gasteiger charge is 2.72. The zero-order valence-electron chi connectivity index (χ0n) is 25.7. The number of anilines is 1. The van der Waals surface area contributed by atoms with E-state index in [0.717, 1.165) is 12.8 Å². The van der Waals surface area contributed by atoms with Crippen molar-refractivity contribution >= 4 is 34.7 Å². The molecular formula is C32H43N3O8. The third-order valence-electron chi connectivity index (χ3n) is 10.3. The Morgan fingerprint density at radius 3 is 2.16 bits per heavy atom. The van der Waals surface area contributed by atoms with Crippen molar-refractivity contribution in [1.82, 2.24) is 5.32 Å². The lowest BCUT2D eigenvalue weighted by molar-refractivity contribution is -0.198. The summed E-state index contributed by atoms with van der Waals surface area (Å²) in [5.41, 5.74) is 2.64. The summed E-state index contributed by atoms with van der Waals surface area (Å²) < 4.78 is 0. The Morgan fingerprint density at radius 2 is 1.63 bits per heavy atom. The van der Waals surface area contributed by atoms with E-state index in [9.17, 15) is 39.3 Å². The van der Waals surface area contributed by atoms with E-state index in [0.29, 0.717) is 11.3 Å². The summed E-state index contributed by atoms with van der Waals surface area (Å²) in [5.74, 6) is -14.8. The lowest BCUT2D eigenvalue weighted by Crippen LogP contribution is -2.75. The van der Waals surface area contributed by atoms with E-state index in [1.165, 1.54) is 0 Å². The van der Waals surface area contributed by atoms with Crippen molar-refractivity contribution in [2.45, 2.75) is 96.1 Å². The van der Waals surface area contributed by atoms with E-state index < -0.39 is 82.2 Å². The molecule has 0 spiro atoms. The number of aromatic hydroxyl groups is 1. The Hall–Kier alpha value is -3.15. The van der Waals surface area contributed by atoms with Crippen LogP contribution < -0.4 is 16.4 Å². The Labute approximate surface area is 251 Å². The van der Waals surface area contributed by atoms with Crippen molar-refractivity contribution in [2.75, 3.05) is 5.32 Å². The summed E-state index contributed by atoms with van der Waals surface area (Å²) in [6.07, 6.45) is -0.145. The molecule has 234 valence electrons. The number of benzene rings is 1. The molecule has 1 aromatic carbocycles. The van der Waals surface area contributed by atoms with Gasteiger partial charge in [0.05, 0.1) is 23.3 Å². The van der Waals surface area contributed by atoms with E-state index >= 15 is 0 Å². The van der Waals surface area contributed by atoms with Crippen LogP contribution in [0.1, 0.15) is 83.1 Å². The SMILES string of the molecule is CC(C)[C@@H]1C(=O)C(C(N)=O)C(=O)[C@@]2(O)C(=O)C3C(=O)c4c(ccc(NC5CC(C)(C)NC(C)(C)C5)c4O)[C@H](C)[C@H]3[C@H](O)[C@@H]12. The predicted octanol–water partition coefficient (Wildman–Crippen LogP) is 1.46. The third kappa shape index (κ3) is 4.54.